The van der Waals surface area contributed by atoms with Crippen molar-refractivity contribution in [2.45, 2.75) is 6.54 Å². The van der Waals surface area contributed by atoms with E-state index in [0.29, 0.717) is 16.3 Å². The first-order chi connectivity index (χ1) is 8.56. The summed E-state index contributed by atoms with van der Waals surface area (Å²) in [5.41, 5.74) is 0.758. The Morgan fingerprint density at radius 1 is 1.39 bits per heavy atom. The van der Waals surface area contributed by atoms with Crippen molar-refractivity contribution < 1.29 is 9.90 Å². The number of halogens is 1. The van der Waals surface area contributed by atoms with Gasteiger partial charge in [-0.15, -0.1) is 0 Å². The Labute approximate surface area is 107 Å². The average molecular weight is 265 g/mol. The van der Waals surface area contributed by atoms with E-state index in [4.69, 9.17) is 16.7 Å². The van der Waals surface area contributed by atoms with Crippen molar-refractivity contribution in [3.05, 3.63) is 52.0 Å². The molecule has 1 heterocycles. The lowest BCUT2D eigenvalue weighted by Crippen LogP contribution is -2.23. The number of benzene rings is 1. The van der Waals surface area contributed by atoms with Gasteiger partial charge in [-0.1, -0.05) is 23.7 Å². The van der Waals surface area contributed by atoms with Crippen LogP contribution in [0.1, 0.15) is 0 Å². The van der Waals surface area contributed by atoms with Gasteiger partial charge in [0, 0.05) is 16.7 Å². The largest absolute Gasteiger partial charge is 0.480 e. The Balaban J connectivity index is 2.40. The number of carbonyl (C=O) groups is 1. The van der Waals surface area contributed by atoms with Crippen LogP contribution in [-0.2, 0) is 11.3 Å². The molecule has 0 aliphatic heterocycles. The van der Waals surface area contributed by atoms with E-state index in [2.05, 4.69) is 4.98 Å². The molecule has 0 aliphatic carbocycles. The fraction of sp³-hybridized carbons (Fsp3) is 0.0833. The lowest BCUT2D eigenvalue weighted by atomic mass is 10.1. The van der Waals surface area contributed by atoms with E-state index in [0.717, 1.165) is 4.57 Å². The predicted molar refractivity (Wildman–Crippen MR) is 66.6 cm³/mol. The van der Waals surface area contributed by atoms with Crippen LogP contribution >= 0.6 is 11.6 Å². The number of aliphatic carboxylic acids is 1. The zero-order valence-corrected chi connectivity index (χ0v) is 9.96. The van der Waals surface area contributed by atoms with Crippen molar-refractivity contribution in [3.63, 3.8) is 0 Å². The molecule has 0 bridgehead atoms. The van der Waals surface area contributed by atoms with Crippen molar-refractivity contribution in [1.29, 1.82) is 0 Å². The first kappa shape index (κ1) is 12.3. The molecule has 0 saturated heterocycles. The Morgan fingerprint density at radius 3 is 2.78 bits per heavy atom. The highest BCUT2D eigenvalue weighted by Crippen LogP contribution is 2.19. The molecule has 0 saturated carbocycles. The molecule has 18 heavy (non-hydrogen) atoms. The molecule has 0 aliphatic rings. The maximum atomic E-state index is 11.7. The second-order valence-electron chi connectivity index (χ2n) is 3.64. The molecule has 1 N–H and O–H groups in total. The Hall–Kier alpha value is -2.14. The maximum absolute atomic E-state index is 11.7. The third kappa shape index (κ3) is 2.75. The van der Waals surface area contributed by atoms with Crippen LogP contribution < -0.4 is 5.56 Å². The second kappa shape index (κ2) is 5.01. The average Bonchev–Trinajstić information content (AvgIpc) is 2.31. The van der Waals surface area contributed by atoms with Gasteiger partial charge in [0.25, 0.3) is 5.56 Å². The van der Waals surface area contributed by atoms with Crippen LogP contribution in [0.5, 0.6) is 0 Å². The molecule has 0 amide bonds. The Kier molecular flexibility index (Phi) is 3.43. The van der Waals surface area contributed by atoms with E-state index in [1.165, 1.54) is 12.4 Å². The van der Waals surface area contributed by atoms with Crippen LogP contribution in [0.15, 0.2) is 41.5 Å². The van der Waals surface area contributed by atoms with Crippen LogP contribution in [0.2, 0.25) is 5.02 Å². The molecule has 0 unspecified atom stereocenters. The topological polar surface area (TPSA) is 72.2 Å². The van der Waals surface area contributed by atoms with Gasteiger partial charge in [0.05, 0.1) is 12.0 Å². The van der Waals surface area contributed by atoms with E-state index >= 15 is 0 Å². The van der Waals surface area contributed by atoms with Gasteiger partial charge < -0.3 is 5.11 Å². The number of nitrogens with zero attached hydrogens (tertiary/aromatic N) is 2. The molecule has 0 atom stereocenters. The molecule has 92 valence electrons. The van der Waals surface area contributed by atoms with Crippen molar-refractivity contribution in [3.8, 4) is 11.3 Å². The highest BCUT2D eigenvalue weighted by atomic mass is 35.5. The Bertz CT molecular complexity index is 652. The van der Waals surface area contributed by atoms with Gasteiger partial charge in [0.15, 0.2) is 0 Å². The van der Waals surface area contributed by atoms with Gasteiger partial charge in [-0.05, 0) is 12.1 Å². The number of carboxylic acid groups (broad SMARTS) is 1. The molecule has 2 rings (SSSR count). The zero-order chi connectivity index (χ0) is 13.1. The summed E-state index contributed by atoms with van der Waals surface area (Å²) in [4.78, 5) is 26.2. The van der Waals surface area contributed by atoms with Crippen LogP contribution in [0, 0.1) is 0 Å². The van der Waals surface area contributed by atoms with Crippen molar-refractivity contribution in [1.82, 2.24) is 9.55 Å². The maximum Gasteiger partial charge on any atom is 0.323 e. The zero-order valence-electron chi connectivity index (χ0n) is 9.21. The first-order valence-corrected chi connectivity index (χ1v) is 5.48. The van der Waals surface area contributed by atoms with Crippen molar-refractivity contribution in [2.24, 2.45) is 0 Å². The third-order valence-corrected chi connectivity index (χ3v) is 2.54. The molecule has 0 radical (unpaired) electrons. The highest BCUT2D eigenvalue weighted by Gasteiger charge is 2.05. The minimum atomic E-state index is -1.09. The smallest absolute Gasteiger partial charge is 0.323 e. The van der Waals surface area contributed by atoms with Crippen molar-refractivity contribution in [2.75, 3.05) is 0 Å². The molecule has 0 spiro atoms. The van der Waals surface area contributed by atoms with Gasteiger partial charge in [-0.2, -0.15) is 0 Å². The molecule has 5 nitrogen and oxygen atoms in total. The van der Waals surface area contributed by atoms with Crippen LogP contribution in [0.3, 0.4) is 0 Å². The molecule has 1 aromatic carbocycles. The summed E-state index contributed by atoms with van der Waals surface area (Å²) in [6.45, 7) is -0.401. The molecule has 2 aromatic rings. The standard InChI is InChI=1S/C12H9ClN2O3/c13-9-3-1-2-8(4-9)10-5-11(16)15(7-14-10)6-12(17)18/h1-5,7H,6H2,(H,17,18). The van der Waals surface area contributed by atoms with Crippen LogP contribution in [0.25, 0.3) is 11.3 Å². The molecule has 1 aromatic heterocycles. The number of rotatable bonds is 3. The van der Waals surface area contributed by atoms with E-state index in [1.807, 2.05) is 0 Å². The Morgan fingerprint density at radius 2 is 2.17 bits per heavy atom. The van der Waals surface area contributed by atoms with Gasteiger partial charge in [0.1, 0.15) is 6.54 Å². The second-order valence-corrected chi connectivity index (χ2v) is 4.08. The van der Waals surface area contributed by atoms with Crippen LogP contribution in [-0.4, -0.2) is 20.6 Å². The van der Waals surface area contributed by atoms with Gasteiger partial charge >= 0.3 is 5.97 Å². The number of aromatic nitrogens is 2. The van der Waals surface area contributed by atoms with Crippen LogP contribution in [0.4, 0.5) is 0 Å². The monoisotopic (exact) mass is 264 g/mol. The first-order valence-electron chi connectivity index (χ1n) is 5.10. The minimum Gasteiger partial charge on any atom is -0.480 e. The summed E-state index contributed by atoms with van der Waals surface area (Å²) in [6.07, 6.45) is 1.21. The summed E-state index contributed by atoms with van der Waals surface area (Å²) < 4.78 is 1.02. The summed E-state index contributed by atoms with van der Waals surface area (Å²) in [5.74, 6) is -1.09. The molecule has 6 heteroatoms. The summed E-state index contributed by atoms with van der Waals surface area (Å²) in [7, 11) is 0. The quantitative estimate of drug-likeness (QED) is 0.915. The molecular weight excluding hydrogens is 256 g/mol. The summed E-state index contributed by atoms with van der Waals surface area (Å²) >= 11 is 5.85. The normalized spacial score (nSPS) is 10.3. The molecule has 0 fully saturated rings. The van der Waals surface area contributed by atoms with Crippen molar-refractivity contribution >= 4 is 17.6 Å². The lowest BCUT2D eigenvalue weighted by Gasteiger charge is -2.04. The summed E-state index contributed by atoms with van der Waals surface area (Å²) in [6, 6.07) is 8.22. The SMILES string of the molecule is O=C(O)Cn1cnc(-c2cccc(Cl)c2)cc1=O. The fourth-order valence-corrected chi connectivity index (χ4v) is 1.69. The van der Waals surface area contributed by atoms with Gasteiger partial charge in [0.2, 0.25) is 0 Å². The lowest BCUT2D eigenvalue weighted by molar-refractivity contribution is -0.137. The minimum absolute atomic E-state index is 0.401. The number of carboxylic acids is 1. The number of hydrogen-bond donors (Lipinski definition) is 1. The highest BCUT2D eigenvalue weighted by molar-refractivity contribution is 6.30. The third-order valence-electron chi connectivity index (χ3n) is 2.31. The van der Waals surface area contributed by atoms with E-state index < -0.39 is 18.1 Å². The predicted octanol–water partition coefficient (Wildman–Crippen LogP) is 1.65. The summed E-state index contributed by atoms with van der Waals surface area (Å²) in [5, 5.41) is 9.15. The van der Waals surface area contributed by atoms with Gasteiger partial charge in [-0.25, -0.2) is 4.98 Å². The number of hydrogen-bond acceptors (Lipinski definition) is 3. The van der Waals surface area contributed by atoms with Gasteiger partial charge in [-0.3, -0.25) is 14.2 Å². The van der Waals surface area contributed by atoms with E-state index in [1.54, 1.807) is 24.3 Å². The fourth-order valence-electron chi connectivity index (χ4n) is 1.50. The molecular formula is C12H9ClN2O3. The van der Waals surface area contributed by atoms with E-state index in [9.17, 15) is 9.59 Å². The van der Waals surface area contributed by atoms with E-state index in [-0.39, 0.29) is 0 Å².